The molecule has 2 heteroatoms. The number of rotatable bonds is 4. The van der Waals surface area contributed by atoms with Crippen LogP contribution in [-0.2, 0) is 0 Å². The molecular formula is C8H16ClN. The van der Waals surface area contributed by atoms with E-state index in [0.29, 0.717) is 0 Å². The third-order valence-electron chi connectivity index (χ3n) is 1.22. The van der Waals surface area contributed by atoms with E-state index in [1.165, 1.54) is 0 Å². The zero-order chi connectivity index (χ0) is 7.98. The largest absolute Gasteiger partial charge is 0.309 e. The van der Waals surface area contributed by atoms with E-state index in [9.17, 15) is 0 Å². The lowest BCUT2D eigenvalue weighted by Crippen LogP contribution is -2.12. The van der Waals surface area contributed by atoms with Crippen molar-refractivity contribution in [2.24, 2.45) is 0 Å². The van der Waals surface area contributed by atoms with Crippen molar-refractivity contribution in [3.8, 4) is 0 Å². The fourth-order valence-corrected chi connectivity index (χ4v) is 0.893. The van der Waals surface area contributed by atoms with Crippen molar-refractivity contribution >= 4 is 11.6 Å². The molecule has 10 heavy (non-hydrogen) atoms. The third kappa shape index (κ3) is 6.12. The van der Waals surface area contributed by atoms with Gasteiger partial charge in [-0.25, -0.2) is 0 Å². The van der Waals surface area contributed by atoms with E-state index in [0.717, 1.165) is 24.4 Å². The fourth-order valence-electron chi connectivity index (χ4n) is 0.654. The van der Waals surface area contributed by atoms with Gasteiger partial charge in [-0.15, -0.1) is 0 Å². The number of hydrogen-bond acceptors (Lipinski definition) is 1. The first-order chi connectivity index (χ1) is 4.66. The van der Waals surface area contributed by atoms with Gasteiger partial charge < -0.3 is 4.90 Å². The Labute approximate surface area is 68.7 Å². The SMILES string of the molecule is CC/C=C(/Cl)CCN(C)C. The first kappa shape index (κ1) is 9.99. The maximum Gasteiger partial charge on any atom is 0.0153 e. The van der Waals surface area contributed by atoms with Gasteiger partial charge in [0.15, 0.2) is 0 Å². The highest BCUT2D eigenvalue weighted by molar-refractivity contribution is 6.29. The predicted molar refractivity (Wildman–Crippen MR) is 47.4 cm³/mol. The zero-order valence-corrected chi connectivity index (χ0v) is 7.78. The Morgan fingerprint density at radius 1 is 1.50 bits per heavy atom. The molecule has 0 amide bonds. The number of nitrogens with zero attached hydrogens (tertiary/aromatic N) is 1. The molecule has 0 aromatic heterocycles. The molecule has 0 saturated carbocycles. The maximum atomic E-state index is 5.86. The molecule has 0 saturated heterocycles. The lowest BCUT2D eigenvalue weighted by atomic mass is 10.3. The standard InChI is InChI=1S/C8H16ClN/c1-4-5-8(9)6-7-10(2)3/h5H,4,6-7H2,1-3H3/b8-5+. The highest BCUT2D eigenvalue weighted by Crippen LogP contribution is 2.07. The second kappa shape index (κ2) is 5.75. The summed E-state index contributed by atoms with van der Waals surface area (Å²) in [5, 5.41) is 0.983. The van der Waals surface area contributed by atoms with E-state index < -0.39 is 0 Å². The molecule has 0 atom stereocenters. The third-order valence-corrected chi connectivity index (χ3v) is 1.57. The van der Waals surface area contributed by atoms with Gasteiger partial charge in [0.25, 0.3) is 0 Å². The van der Waals surface area contributed by atoms with Crippen molar-refractivity contribution in [3.05, 3.63) is 11.1 Å². The van der Waals surface area contributed by atoms with E-state index in [-0.39, 0.29) is 0 Å². The molecule has 0 radical (unpaired) electrons. The van der Waals surface area contributed by atoms with Crippen molar-refractivity contribution < 1.29 is 0 Å². The van der Waals surface area contributed by atoms with Crippen molar-refractivity contribution in [1.29, 1.82) is 0 Å². The molecule has 0 spiro atoms. The van der Waals surface area contributed by atoms with Crippen LogP contribution in [0.2, 0.25) is 0 Å². The van der Waals surface area contributed by atoms with E-state index in [2.05, 4.69) is 32.0 Å². The average Bonchev–Trinajstić information content (AvgIpc) is 1.85. The second-order valence-corrected chi connectivity index (χ2v) is 3.10. The van der Waals surface area contributed by atoms with Crippen LogP contribution in [-0.4, -0.2) is 25.5 Å². The van der Waals surface area contributed by atoms with Crippen molar-refractivity contribution in [1.82, 2.24) is 4.90 Å². The van der Waals surface area contributed by atoms with Crippen LogP contribution in [0.5, 0.6) is 0 Å². The Morgan fingerprint density at radius 2 is 2.10 bits per heavy atom. The number of halogens is 1. The first-order valence-electron chi connectivity index (χ1n) is 3.66. The Kier molecular flexibility index (Phi) is 5.74. The summed E-state index contributed by atoms with van der Waals surface area (Å²) in [4.78, 5) is 2.13. The van der Waals surface area contributed by atoms with Crippen LogP contribution in [0.25, 0.3) is 0 Å². The summed E-state index contributed by atoms with van der Waals surface area (Å²) in [6, 6.07) is 0. The van der Waals surface area contributed by atoms with Gasteiger partial charge in [0.1, 0.15) is 0 Å². The predicted octanol–water partition coefficient (Wildman–Crippen LogP) is 2.47. The van der Waals surface area contributed by atoms with Crippen molar-refractivity contribution in [3.63, 3.8) is 0 Å². The van der Waals surface area contributed by atoms with E-state index in [4.69, 9.17) is 11.6 Å². The monoisotopic (exact) mass is 161 g/mol. The quantitative estimate of drug-likeness (QED) is 0.613. The van der Waals surface area contributed by atoms with Gasteiger partial charge in [0, 0.05) is 11.6 Å². The molecule has 0 heterocycles. The van der Waals surface area contributed by atoms with Gasteiger partial charge in [-0.1, -0.05) is 24.6 Å². The van der Waals surface area contributed by atoms with Crippen LogP contribution in [0.15, 0.2) is 11.1 Å². The van der Waals surface area contributed by atoms with Crippen LogP contribution in [0.1, 0.15) is 19.8 Å². The molecule has 0 N–H and O–H groups in total. The van der Waals surface area contributed by atoms with E-state index >= 15 is 0 Å². The molecule has 1 nitrogen and oxygen atoms in total. The summed E-state index contributed by atoms with van der Waals surface area (Å²) in [7, 11) is 4.10. The first-order valence-corrected chi connectivity index (χ1v) is 4.04. The topological polar surface area (TPSA) is 3.24 Å². The number of hydrogen-bond donors (Lipinski definition) is 0. The van der Waals surface area contributed by atoms with Crippen LogP contribution in [0.4, 0.5) is 0 Å². The van der Waals surface area contributed by atoms with Gasteiger partial charge in [-0.2, -0.15) is 0 Å². The summed E-state index contributed by atoms with van der Waals surface area (Å²) in [5.41, 5.74) is 0. The number of allylic oxidation sites excluding steroid dienone is 1. The van der Waals surface area contributed by atoms with Gasteiger partial charge in [0.2, 0.25) is 0 Å². The minimum absolute atomic E-state index is 0.975. The smallest absolute Gasteiger partial charge is 0.0153 e. The van der Waals surface area contributed by atoms with Crippen molar-refractivity contribution in [2.75, 3.05) is 20.6 Å². The molecule has 0 aliphatic rings. The van der Waals surface area contributed by atoms with Gasteiger partial charge >= 0.3 is 0 Å². The Morgan fingerprint density at radius 3 is 2.50 bits per heavy atom. The lowest BCUT2D eigenvalue weighted by molar-refractivity contribution is 0.415. The van der Waals surface area contributed by atoms with E-state index in [1.54, 1.807) is 0 Å². The fraction of sp³-hybridized carbons (Fsp3) is 0.750. The van der Waals surface area contributed by atoms with Crippen LogP contribution >= 0.6 is 11.6 Å². The summed E-state index contributed by atoms with van der Waals surface area (Å²) in [6.07, 6.45) is 4.07. The van der Waals surface area contributed by atoms with Gasteiger partial charge in [-0.3, -0.25) is 0 Å². The molecule has 0 aromatic rings. The highest BCUT2D eigenvalue weighted by Gasteiger charge is 1.92. The molecule has 60 valence electrons. The minimum Gasteiger partial charge on any atom is -0.309 e. The van der Waals surface area contributed by atoms with Crippen LogP contribution in [0, 0.1) is 0 Å². The van der Waals surface area contributed by atoms with Gasteiger partial charge in [0.05, 0.1) is 0 Å². The Hall–Kier alpha value is -0.0100. The summed E-state index contributed by atoms with van der Waals surface area (Å²) in [6.45, 7) is 3.13. The lowest BCUT2D eigenvalue weighted by Gasteiger charge is -2.07. The molecule has 0 rings (SSSR count). The molecule has 0 aliphatic heterocycles. The highest BCUT2D eigenvalue weighted by atomic mass is 35.5. The van der Waals surface area contributed by atoms with Crippen molar-refractivity contribution in [2.45, 2.75) is 19.8 Å². The van der Waals surface area contributed by atoms with Gasteiger partial charge in [-0.05, 0) is 26.9 Å². The second-order valence-electron chi connectivity index (χ2n) is 2.61. The summed E-state index contributed by atoms with van der Waals surface area (Å²) < 4.78 is 0. The normalized spacial score (nSPS) is 12.7. The van der Waals surface area contributed by atoms with Crippen LogP contribution < -0.4 is 0 Å². The summed E-state index contributed by atoms with van der Waals surface area (Å²) >= 11 is 5.86. The molecule has 0 aliphatic carbocycles. The average molecular weight is 162 g/mol. The molecular weight excluding hydrogens is 146 g/mol. The van der Waals surface area contributed by atoms with Crippen LogP contribution in [0.3, 0.4) is 0 Å². The minimum atomic E-state index is 0.975. The Balaban J connectivity index is 3.39. The molecule has 0 bridgehead atoms. The zero-order valence-electron chi connectivity index (χ0n) is 7.02. The molecule has 0 unspecified atom stereocenters. The van der Waals surface area contributed by atoms with E-state index in [1.807, 2.05) is 0 Å². The summed E-state index contributed by atoms with van der Waals surface area (Å²) in [5.74, 6) is 0. The molecule has 0 fully saturated rings. The molecule has 0 aromatic carbocycles. The maximum absolute atomic E-state index is 5.86. The Bertz CT molecular complexity index is 108.